The summed E-state index contributed by atoms with van der Waals surface area (Å²) in [7, 11) is 1.79. The summed E-state index contributed by atoms with van der Waals surface area (Å²) in [5, 5.41) is 3.97. The molecule has 3 nitrogen and oxygen atoms in total. The van der Waals surface area contributed by atoms with Crippen molar-refractivity contribution in [2.75, 3.05) is 26.7 Å². The summed E-state index contributed by atoms with van der Waals surface area (Å²) >= 11 is 0. The van der Waals surface area contributed by atoms with Crippen molar-refractivity contribution in [1.82, 2.24) is 4.90 Å². The Morgan fingerprint density at radius 2 is 2.25 bits per heavy atom. The molecule has 4 heteroatoms. The van der Waals surface area contributed by atoms with Crippen LogP contribution in [0.2, 0.25) is 0 Å². The maximum atomic E-state index is 11.2. The molecule has 1 radical (unpaired) electrons. The van der Waals surface area contributed by atoms with Gasteiger partial charge in [-0.1, -0.05) is 0 Å². The molecule has 0 aromatic carbocycles. The third-order valence-corrected chi connectivity index (χ3v) is 2.01. The second-order valence-electron chi connectivity index (χ2n) is 2.88. The molecule has 1 aliphatic heterocycles. The summed E-state index contributed by atoms with van der Waals surface area (Å²) in [4.78, 5) is 13.1. The van der Waals surface area contributed by atoms with E-state index in [4.69, 9.17) is 0 Å². The van der Waals surface area contributed by atoms with E-state index in [9.17, 15) is 4.79 Å². The number of rotatable bonds is 3. The topological polar surface area (TPSA) is 34.4 Å². The number of likely N-dealkylation sites (tertiary alicyclic amines) is 1. The maximum absolute atomic E-state index is 11.2. The molecule has 1 fully saturated rings. The van der Waals surface area contributed by atoms with Gasteiger partial charge < -0.3 is 10.2 Å². The zero-order valence-electron chi connectivity index (χ0n) is 7.62. The number of piperidine rings is 1. The minimum Gasteiger partial charge on any atom is -0.664 e. The van der Waals surface area contributed by atoms with Crippen LogP contribution in [-0.2, 0) is 37.5 Å². The minimum absolute atomic E-state index is 0. The Bertz CT molecular complexity index is 141. The van der Waals surface area contributed by atoms with E-state index in [1.54, 1.807) is 7.05 Å². The molecular formula is C8H15N2OY-. The molecule has 1 aliphatic rings. The molecule has 0 bridgehead atoms. The number of amides is 1. The molecule has 1 heterocycles. The molecule has 12 heavy (non-hydrogen) atoms. The average molecular weight is 244 g/mol. The summed E-state index contributed by atoms with van der Waals surface area (Å²) in [6.07, 6.45) is 2.97. The number of carbonyl (C=O) groups is 1. The Morgan fingerprint density at radius 1 is 1.50 bits per heavy atom. The van der Waals surface area contributed by atoms with Crippen LogP contribution in [0.4, 0.5) is 0 Å². The average Bonchev–Trinajstić information content (AvgIpc) is 2.03. The number of likely N-dealkylation sites (N-methyl/N-ethyl adjacent to an activating group) is 1. The van der Waals surface area contributed by atoms with Crippen molar-refractivity contribution in [2.24, 2.45) is 0 Å². The van der Waals surface area contributed by atoms with E-state index in [1.807, 2.05) is 4.90 Å². The van der Waals surface area contributed by atoms with Crippen LogP contribution in [0.15, 0.2) is 0 Å². The zero-order chi connectivity index (χ0) is 8.10. The Morgan fingerprint density at radius 3 is 2.83 bits per heavy atom. The van der Waals surface area contributed by atoms with E-state index in [0.29, 0.717) is 5.91 Å². The molecular weight excluding hydrogens is 229 g/mol. The van der Waals surface area contributed by atoms with E-state index in [1.165, 1.54) is 0 Å². The predicted molar refractivity (Wildman–Crippen MR) is 44.6 cm³/mol. The summed E-state index contributed by atoms with van der Waals surface area (Å²) < 4.78 is 0. The van der Waals surface area contributed by atoms with E-state index in [2.05, 4.69) is 5.32 Å². The van der Waals surface area contributed by atoms with Crippen LogP contribution in [0, 0.1) is 0 Å². The first-order chi connectivity index (χ1) is 5.34. The largest absolute Gasteiger partial charge is 0.664 e. The first-order valence-electron chi connectivity index (χ1n) is 4.18. The van der Waals surface area contributed by atoms with E-state index in [-0.39, 0.29) is 32.7 Å². The molecule has 0 aromatic heterocycles. The van der Waals surface area contributed by atoms with E-state index < -0.39 is 0 Å². The SMILES string of the molecule is C[N-]CCN1CCCCC1=O.[Y]. The van der Waals surface area contributed by atoms with Gasteiger partial charge in [-0.05, 0) is 12.8 Å². The van der Waals surface area contributed by atoms with Gasteiger partial charge in [0.25, 0.3) is 0 Å². The summed E-state index contributed by atoms with van der Waals surface area (Å²) in [6, 6.07) is 0. The molecule has 1 amide bonds. The second-order valence-corrected chi connectivity index (χ2v) is 2.88. The third-order valence-electron chi connectivity index (χ3n) is 2.01. The van der Waals surface area contributed by atoms with Gasteiger partial charge in [-0.2, -0.15) is 7.05 Å². The molecule has 1 saturated heterocycles. The van der Waals surface area contributed by atoms with E-state index in [0.717, 1.165) is 38.9 Å². The van der Waals surface area contributed by atoms with Gasteiger partial charge in [-0.3, -0.25) is 4.79 Å². The van der Waals surface area contributed by atoms with Gasteiger partial charge in [0.05, 0.1) is 0 Å². The van der Waals surface area contributed by atoms with Crippen LogP contribution in [-0.4, -0.2) is 37.5 Å². The van der Waals surface area contributed by atoms with Crippen LogP contribution >= 0.6 is 0 Å². The second kappa shape index (κ2) is 6.99. The number of carbonyl (C=O) groups excluding carboxylic acids is 1. The van der Waals surface area contributed by atoms with Crippen molar-refractivity contribution in [2.45, 2.75) is 19.3 Å². The first-order valence-corrected chi connectivity index (χ1v) is 4.18. The van der Waals surface area contributed by atoms with Gasteiger partial charge in [0.2, 0.25) is 5.91 Å². The molecule has 67 valence electrons. The van der Waals surface area contributed by atoms with Crippen molar-refractivity contribution in [3.05, 3.63) is 5.32 Å². The summed E-state index contributed by atoms with van der Waals surface area (Å²) in [5.74, 6) is 0.305. The Balaban J connectivity index is 0.00000121. The minimum atomic E-state index is 0. The number of nitrogens with zero attached hydrogens (tertiary/aromatic N) is 2. The van der Waals surface area contributed by atoms with Crippen LogP contribution in [0.3, 0.4) is 0 Å². The smallest absolute Gasteiger partial charge is 0.222 e. The Labute approximate surface area is 99.1 Å². The monoisotopic (exact) mass is 244 g/mol. The molecule has 0 aromatic rings. The molecule has 0 N–H and O–H groups in total. The molecule has 0 aliphatic carbocycles. The van der Waals surface area contributed by atoms with Gasteiger partial charge in [0.1, 0.15) is 0 Å². The molecule has 1 rings (SSSR count). The Hall–Kier alpha value is 0.534. The predicted octanol–water partition coefficient (Wildman–Crippen LogP) is 1.000. The van der Waals surface area contributed by atoms with Crippen LogP contribution < -0.4 is 0 Å². The first kappa shape index (κ1) is 12.5. The van der Waals surface area contributed by atoms with Crippen molar-refractivity contribution >= 4 is 5.91 Å². The fourth-order valence-electron chi connectivity index (χ4n) is 1.32. The summed E-state index contributed by atoms with van der Waals surface area (Å²) in [6.45, 7) is 2.54. The number of hydrogen-bond donors (Lipinski definition) is 0. The van der Waals surface area contributed by atoms with Crippen LogP contribution in [0.25, 0.3) is 5.32 Å². The van der Waals surface area contributed by atoms with Gasteiger partial charge in [-0.25, -0.2) is 0 Å². The van der Waals surface area contributed by atoms with Gasteiger partial charge in [0.15, 0.2) is 0 Å². The molecule has 0 spiro atoms. The van der Waals surface area contributed by atoms with Crippen molar-refractivity contribution < 1.29 is 37.5 Å². The zero-order valence-corrected chi connectivity index (χ0v) is 10.5. The fourth-order valence-corrected chi connectivity index (χ4v) is 1.32. The molecule has 0 saturated carbocycles. The van der Waals surface area contributed by atoms with Crippen LogP contribution in [0.5, 0.6) is 0 Å². The van der Waals surface area contributed by atoms with Gasteiger partial charge in [0, 0.05) is 52.2 Å². The summed E-state index contributed by atoms with van der Waals surface area (Å²) in [5.41, 5.74) is 0. The quantitative estimate of drug-likeness (QED) is 0.729. The third kappa shape index (κ3) is 3.97. The standard InChI is InChI=1S/C8H15N2O.Y/c1-9-5-7-10-6-3-2-4-8(10)11;/h2-7H2,1H3;/q-1;. The fraction of sp³-hybridized carbons (Fsp3) is 0.875. The Kier molecular flexibility index (Phi) is 7.30. The van der Waals surface area contributed by atoms with E-state index >= 15 is 0 Å². The van der Waals surface area contributed by atoms with Crippen molar-refractivity contribution in [3.8, 4) is 0 Å². The van der Waals surface area contributed by atoms with Crippen molar-refractivity contribution in [3.63, 3.8) is 0 Å². The van der Waals surface area contributed by atoms with Gasteiger partial charge in [-0.15, -0.1) is 6.54 Å². The molecule has 0 unspecified atom stereocenters. The van der Waals surface area contributed by atoms with Crippen molar-refractivity contribution in [1.29, 1.82) is 0 Å². The normalized spacial score (nSPS) is 17.4. The van der Waals surface area contributed by atoms with Gasteiger partial charge >= 0.3 is 0 Å². The van der Waals surface area contributed by atoms with Crippen LogP contribution in [0.1, 0.15) is 19.3 Å². The maximum Gasteiger partial charge on any atom is 0.222 e. The number of hydrogen-bond acceptors (Lipinski definition) is 1. The molecule has 0 atom stereocenters.